The summed E-state index contributed by atoms with van der Waals surface area (Å²) in [6, 6.07) is 6.52. The molecule has 4 aliphatic rings. The van der Waals surface area contributed by atoms with Crippen LogP contribution in [0.25, 0.3) is 21.6 Å². The van der Waals surface area contributed by atoms with Crippen LogP contribution in [-0.2, 0) is 16.2 Å². The van der Waals surface area contributed by atoms with E-state index in [1.807, 2.05) is 0 Å². The van der Waals surface area contributed by atoms with E-state index in [9.17, 15) is 19.8 Å². The highest BCUT2D eigenvalue weighted by atomic mass is 19.1. The van der Waals surface area contributed by atoms with E-state index in [0.29, 0.717) is 28.7 Å². The molecule has 2 bridgehead atoms. The summed E-state index contributed by atoms with van der Waals surface area (Å²) >= 11 is 0. The summed E-state index contributed by atoms with van der Waals surface area (Å²) < 4.78 is 21.5. The first-order valence-corrected chi connectivity index (χ1v) is 16.0. The number of hydrogen-bond donors (Lipinski definition) is 3. The molecule has 47 heavy (non-hydrogen) atoms. The van der Waals surface area contributed by atoms with Gasteiger partial charge in [-0.25, -0.2) is 9.18 Å². The van der Waals surface area contributed by atoms with E-state index in [0.717, 1.165) is 12.8 Å². The first kappa shape index (κ1) is 34.4. The molecule has 2 aromatic carbocycles. The van der Waals surface area contributed by atoms with Crippen molar-refractivity contribution in [2.24, 2.45) is 34.2 Å². The van der Waals surface area contributed by atoms with Gasteiger partial charge in [0.05, 0.1) is 38.0 Å². The molecule has 3 N–H and O–H groups in total. The van der Waals surface area contributed by atoms with Gasteiger partial charge in [-0.3, -0.25) is 9.63 Å². The molecule has 3 aliphatic carbocycles. The number of carboxylic acid groups (broad SMARTS) is 1. The van der Waals surface area contributed by atoms with Crippen LogP contribution in [0.1, 0.15) is 56.5 Å². The van der Waals surface area contributed by atoms with Crippen LogP contribution in [0.4, 0.5) is 10.1 Å². The second-order valence-corrected chi connectivity index (χ2v) is 14.0. The van der Waals surface area contributed by atoms with Crippen LogP contribution in [0.2, 0.25) is 0 Å². The zero-order valence-electron chi connectivity index (χ0n) is 28.0. The van der Waals surface area contributed by atoms with Crippen LogP contribution in [0.3, 0.4) is 0 Å². The third kappa shape index (κ3) is 6.37. The fourth-order valence-corrected chi connectivity index (χ4v) is 8.12. The molecule has 0 unspecified atom stereocenters. The lowest BCUT2D eigenvalue weighted by molar-refractivity contribution is -0.176. The van der Waals surface area contributed by atoms with Gasteiger partial charge in [-0.05, 0) is 84.4 Å². The molecule has 0 spiro atoms. The van der Waals surface area contributed by atoms with E-state index >= 15 is 4.39 Å². The topological polar surface area (TPSA) is 160 Å². The predicted molar refractivity (Wildman–Crippen MR) is 174 cm³/mol. The van der Waals surface area contributed by atoms with Gasteiger partial charge in [-0.1, -0.05) is 25.9 Å². The first-order valence-electron chi connectivity index (χ1n) is 16.0. The third-order valence-corrected chi connectivity index (χ3v) is 10.9. The summed E-state index contributed by atoms with van der Waals surface area (Å²) in [5.74, 6) is -1.47. The lowest BCUT2D eigenvalue weighted by atomic mass is 9.45. The van der Waals surface area contributed by atoms with Gasteiger partial charge in [0.15, 0.2) is 0 Å². The molecule has 1 heterocycles. The van der Waals surface area contributed by atoms with Gasteiger partial charge in [-0.2, -0.15) is 5.06 Å². The van der Waals surface area contributed by atoms with Crippen LogP contribution >= 0.6 is 0 Å². The molecular formula is C34H45FN6O6. The molecule has 8 atom stereocenters. The van der Waals surface area contributed by atoms with Crippen molar-refractivity contribution in [3.05, 3.63) is 57.7 Å². The number of amides is 1. The number of aliphatic hydroxyl groups excluding tert-OH is 1. The molecule has 13 heteroatoms. The van der Waals surface area contributed by atoms with Gasteiger partial charge in [0, 0.05) is 47.8 Å². The monoisotopic (exact) mass is 652 g/mol. The number of rotatable bonds is 11. The number of methoxy groups -OCH3 is 1. The Labute approximate surface area is 274 Å². The lowest BCUT2D eigenvalue weighted by Gasteiger charge is -2.62. The molecule has 1 saturated heterocycles. The first-order chi connectivity index (χ1) is 22.2. The Kier molecular flexibility index (Phi) is 9.75. The number of halogens is 1. The quantitative estimate of drug-likeness (QED) is 0.169. The summed E-state index contributed by atoms with van der Waals surface area (Å²) in [4.78, 5) is 36.9. The van der Waals surface area contributed by atoms with Gasteiger partial charge < -0.3 is 25.2 Å². The maximum Gasteiger partial charge on any atom is 0.335 e. The molecule has 254 valence electrons. The number of nitrogens with zero attached hydrogens (tertiary/aromatic N) is 5. The summed E-state index contributed by atoms with van der Waals surface area (Å²) in [5, 5.41) is 28.9. The van der Waals surface area contributed by atoms with E-state index in [4.69, 9.17) is 15.1 Å². The van der Waals surface area contributed by atoms with Gasteiger partial charge in [-0.15, -0.1) is 0 Å². The largest absolute Gasteiger partial charge is 0.496 e. The smallest absolute Gasteiger partial charge is 0.335 e. The minimum atomic E-state index is -1.11. The zero-order chi connectivity index (χ0) is 34.4. The highest BCUT2D eigenvalue weighted by Gasteiger charge is 2.57. The minimum Gasteiger partial charge on any atom is -0.496 e. The van der Waals surface area contributed by atoms with Gasteiger partial charge in [0.25, 0.3) is 0 Å². The second kappa shape index (κ2) is 13.3. The van der Waals surface area contributed by atoms with Crippen LogP contribution < -0.4 is 15.0 Å². The van der Waals surface area contributed by atoms with Crippen molar-refractivity contribution in [1.82, 2.24) is 10.4 Å². The number of ether oxygens (including phenoxy) is 1. The highest BCUT2D eigenvalue weighted by Crippen LogP contribution is 2.61. The number of aromatic carboxylic acids is 1. The Balaban J connectivity index is 1.52. The minimum absolute atomic E-state index is 0.0531. The van der Waals surface area contributed by atoms with Crippen molar-refractivity contribution >= 4 is 17.6 Å². The number of hydrogen-bond acceptors (Lipinski definition) is 8. The Morgan fingerprint density at radius 3 is 2.57 bits per heavy atom. The molecule has 6 rings (SSSR count). The van der Waals surface area contributed by atoms with Crippen molar-refractivity contribution in [2.45, 2.75) is 71.4 Å². The average Bonchev–Trinajstić information content (AvgIpc) is 3.39. The maximum atomic E-state index is 15.7. The molecule has 1 aliphatic heterocycles. The molecule has 0 aromatic heterocycles. The Morgan fingerprint density at radius 1 is 1.28 bits per heavy atom. The van der Waals surface area contributed by atoms with Crippen molar-refractivity contribution < 1.29 is 33.8 Å². The number of carbonyl (C=O) groups excluding carboxylic acids is 1. The second-order valence-electron chi connectivity index (χ2n) is 14.0. The number of carbonyl (C=O) groups is 2. The maximum absolute atomic E-state index is 15.7. The molecule has 0 radical (unpaired) electrons. The normalized spacial score (nSPS) is 28.5. The number of anilines is 1. The number of carboxylic acids is 1. The van der Waals surface area contributed by atoms with E-state index in [1.165, 1.54) is 30.4 Å². The van der Waals surface area contributed by atoms with Crippen molar-refractivity contribution in [2.75, 3.05) is 32.6 Å². The Morgan fingerprint density at radius 2 is 2.00 bits per heavy atom. The molecule has 12 nitrogen and oxygen atoms in total. The zero-order valence-corrected chi connectivity index (χ0v) is 28.0. The Bertz CT molecular complexity index is 1580. The number of nitrogens with one attached hydrogen (secondary N) is 1. The summed E-state index contributed by atoms with van der Waals surface area (Å²) in [7, 11) is 4.97. The van der Waals surface area contributed by atoms with Crippen LogP contribution in [0.15, 0.2) is 35.4 Å². The molecule has 3 saturated carbocycles. The lowest BCUT2D eigenvalue weighted by Crippen LogP contribution is -2.62. The highest BCUT2D eigenvalue weighted by molar-refractivity contribution is 5.92. The van der Waals surface area contributed by atoms with Gasteiger partial charge in [0.1, 0.15) is 17.6 Å². The van der Waals surface area contributed by atoms with Crippen molar-refractivity contribution in [3.8, 4) is 16.9 Å². The van der Waals surface area contributed by atoms with Crippen LogP contribution in [0.5, 0.6) is 5.75 Å². The molecule has 4 fully saturated rings. The number of benzene rings is 2. The van der Waals surface area contributed by atoms with E-state index in [2.05, 4.69) is 36.1 Å². The number of hydroxylamine groups is 2. The number of fused-ring (bicyclic) bond motifs is 2. The van der Waals surface area contributed by atoms with Crippen molar-refractivity contribution in [3.63, 3.8) is 0 Å². The summed E-state index contributed by atoms with van der Waals surface area (Å²) in [6.07, 6.45) is 0.127. The molecule has 1 amide bonds. The number of aliphatic hydroxyl groups is 1. The summed E-state index contributed by atoms with van der Waals surface area (Å²) in [6.45, 7) is 7.91. The fourth-order valence-electron chi connectivity index (χ4n) is 8.12. The summed E-state index contributed by atoms with van der Waals surface area (Å²) in [5.41, 5.74) is 11.0. The van der Waals surface area contributed by atoms with Gasteiger partial charge in [0.2, 0.25) is 5.91 Å². The van der Waals surface area contributed by atoms with Crippen molar-refractivity contribution in [1.29, 1.82) is 0 Å². The Hall–Kier alpha value is -3.90. The fraction of sp³-hybridized carbons (Fsp3) is 0.588. The average molecular weight is 653 g/mol. The van der Waals surface area contributed by atoms with E-state index in [-0.39, 0.29) is 53.2 Å². The third-order valence-electron chi connectivity index (χ3n) is 10.9. The standard InChI is InChI=1S/C34H45FN6O6/c1-17-25-13-21(34(25,3)4)14-27(17)38-32(43)30-29(18(2)42)28(15-37-39-36)47-41(30)16-24-26(35)9-8-23(31(24)46-7)19-10-20(33(44)45)12-22(11-19)40(5)6/h8-12,17-18,21,25,27-30,42H,13-16H2,1-7H3,(H,38,43)(H,44,45)/t17-,18-,21-,25+,27-,28-,29+,30-/m0/s1. The number of azide groups is 1. The van der Waals surface area contributed by atoms with E-state index < -0.39 is 36.0 Å². The van der Waals surface area contributed by atoms with Gasteiger partial charge >= 0.3 is 5.97 Å². The van der Waals surface area contributed by atoms with E-state index in [1.54, 1.807) is 38.1 Å². The predicted octanol–water partition coefficient (Wildman–Crippen LogP) is 5.24. The van der Waals surface area contributed by atoms with Crippen LogP contribution in [0, 0.1) is 34.9 Å². The molecule has 2 aromatic rings. The van der Waals surface area contributed by atoms with Crippen LogP contribution in [-0.4, -0.2) is 79.2 Å². The SMILES string of the molecule is COc1c(-c2cc(C(=O)O)cc(N(C)C)c2)ccc(F)c1CN1O[C@@H](CN=[N+]=[N-])[C@@H]([C@H](C)O)[C@H]1C(=O)N[C@H]1C[C@@H]2C[C@H]([C@@H]1C)C2(C)C. The molecular weight excluding hydrogens is 607 g/mol.